The van der Waals surface area contributed by atoms with E-state index in [9.17, 15) is 4.79 Å². The van der Waals surface area contributed by atoms with E-state index in [2.05, 4.69) is 4.98 Å². The van der Waals surface area contributed by atoms with Gasteiger partial charge >= 0.3 is 0 Å². The number of nitrogens with one attached hydrogen (secondary N) is 1. The number of ether oxygens (including phenoxy) is 2. The molecule has 0 unspecified atom stereocenters. The van der Waals surface area contributed by atoms with E-state index in [1.165, 1.54) is 0 Å². The van der Waals surface area contributed by atoms with Gasteiger partial charge < -0.3 is 19.0 Å². The van der Waals surface area contributed by atoms with Gasteiger partial charge in [-0.3, -0.25) is 4.79 Å². The van der Waals surface area contributed by atoms with E-state index in [0.717, 1.165) is 28.0 Å². The molecular weight excluding hydrogens is 268 g/mol. The second-order valence-corrected chi connectivity index (χ2v) is 5.08. The van der Waals surface area contributed by atoms with Gasteiger partial charge in [0.25, 0.3) is 5.56 Å². The summed E-state index contributed by atoms with van der Waals surface area (Å²) in [6.07, 6.45) is 3.64. The van der Waals surface area contributed by atoms with Crippen molar-refractivity contribution in [3.05, 3.63) is 47.0 Å². The van der Waals surface area contributed by atoms with Crippen molar-refractivity contribution in [3.63, 3.8) is 0 Å². The zero-order valence-electron chi connectivity index (χ0n) is 11.6. The normalized spacial score (nSPS) is 13.6. The number of hydrogen-bond donors (Lipinski definition) is 1. The van der Waals surface area contributed by atoms with Gasteiger partial charge in [0.15, 0.2) is 11.5 Å². The van der Waals surface area contributed by atoms with Crippen molar-refractivity contribution in [2.75, 3.05) is 13.2 Å². The van der Waals surface area contributed by atoms with Gasteiger partial charge in [0.05, 0.1) is 0 Å². The van der Waals surface area contributed by atoms with Crippen molar-refractivity contribution in [2.45, 2.75) is 0 Å². The number of hydrogen-bond acceptors (Lipinski definition) is 3. The van der Waals surface area contributed by atoms with Crippen LogP contribution in [0.15, 0.2) is 41.5 Å². The number of aromatic nitrogens is 2. The van der Waals surface area contributed by atoms with Crippen molar-refractivity contribution >= 4 is 10.9 Å². The maximum absolute atomic E-state index is 12.1. The summed E-state index contributed by atoms with van der Waals surface area (Å²) in [7, 11) is 1.75. The van der Waals surface area contributed by atoms with Crippen LogP contribution in [0, 0.1) is 0 Å². The Kier molecular flexibility index (Phi) is 2.54. The molecule has 1 N–H and O–H groups in total. The highest BCUT2D eigenvalue weighted by Gasteiger charge is 2.15. The minimum atomic E-state index is -0.0312. The summed E-state index contributed by atoms with van der Waals surface area (Å²) in [5, 5.41) is 0.912. The summed E-state index contributed by atoms with van der Waals surface area (Å²) in [6.45, 7) is 1.14. The molecule has 0 fully saturated rings. The Morgan fingerprint density at radius 2 is 1.95 bits per heavy atom. The summed E-state index contributed by atoms with van der Waals surface area (Å²) in [5.74, 6) is 1.51. The molecule has 0 atom stereocenters. The Hall–Kier alpha value is -2.69. The molecule has 3 heterocycles. The van der Waals surface area contributed by atoms with Gasteiger partial charge in [0, 0.05) is 30.4 Å². The van der Waals surface area contributed by atoms with E-state index in [-0.39, 0.29) is 5.56 Å². The van der Waals surface area contributed by atoms with Crippen molar-refractivity contribution < 1.29 is 9.47 Å². The first-order valence-electron chi connectivity index (χ1n) is 6.81. The summed E-state index contributed by atoms with van der Waals surface area (Å²) in [6, 6.07) is 7.77. The van der Waals surface area contributed by atoms with Crippen molar-refractivity contribution in [3.8, 4) is 22.6 Å². The Morgan fingerprint density at radius 1 is 1.14 bits per heavy atom. The number of pyridine rings is 1. The Balaban J connectivity index is 1.96. The fourth-order valence-electron chi connectivity index (χ4n) is 2.71. The van der Waals surface area contributed by atoms with Crippen LogP contribution < -0.4 is 15.0 Å². The average Bonchev–Trinajstić information content (AvgIpc) is 3.00. The molecule has 106 valence electrons. The molecule has 0 saturated carbocycles. The number of rotatable bonds is 1. The Bertz CT molecular complexity index is 892. The molecule has 0 saturated heterocycles. The van der Waals surface area contributed by atoms with Gasteiger partial charge in [-0.25, -0.2) is 0 Å². The number of H-pyrrole nitrogens is 1. The van der Waals surface area contributed by atoms with Crippen molar-refractivity contribution in [1.29, 1.82) is 0 Å². The fourth-order valence-corrected chi connectivity index (χ4v) is 2.71. The topological polar surface area (TPSA) is 56.2 Å². The summed E-state index contributed by atoms with van der Waals surface area (Å²) >= 11 is 0. The molecule has 1 aromatic carbocycles. The molecular formula is C16H14N2O3. The molecule has 2 aromatic heterocycles. The first-order valence-corrected chi connectivity index (χ1v) is 6.81. The number of benzene rings is 1. The number of fused-ring (bicyclic) bond motifs is 2. The quantitative estimate of drug-likeness (QED) is 0.745. The van der Waals surface area contributed by atoms with E-state index >= 15 is 0 Å². The van der Waals surface area contributed by atoms with E-state index in [1.807, 2.05) is 30.5 Å². The highest BCUT2D eigenvalue weighted by atomic mass is 16.6. The molecule has 0 aliphatic carbocycles. The van der Waals surface area contributed by atoms with Crippen LogP contribution in [0.4, 0.5) is 0 Å². The van der Waals surface area contributed by atoms with Crippen LogP contribution in [0.3, 0.4) is 0 Å². The van der Waals surface area contributed by atoms with E-state index in [0.29, 0.717) is 18.7 Å². The molecule has 1 aliphatic heterocycles. The summed E-state index contributed by atoms with van der Waals surface area (Å²) < 4.78 is 12.8. The molecule has 4 rings (SSSR count). The highest BCUT2D eigenvalue weighted by Crippen LogP contribution is 2.36. The lowest BCUT2D eigenvalue weighted by molar-refractivity contribution is 0.171. The lowest BCUT2D eigenvalue weighted by Gasteiger charge is -2.19. The lowest BCUT2D eigenvalue weighted by atomic mass is 10.0. The van der Waals surface area contributed by atoms with Gasteiger partial charge in [-0.05, 0) is 23.8 Å². The molecule has 0 amide bonds. The van der Waals surface area contributed by atoms with Crippen molar-refractivity contribution in [1.82, 2.24) is 9.55 Å². The van der Waals surface area contributed by atoms with Gasteiger partial charge in [0.1, 0.15) is 18.7 Å². The van der Waals surface area contributed by atoms with Gasteiger partial charge in [-0.1, -0.05) is 6.07 Å². The first-order chi connectivity index (χ1) is 10.2. The number of aromatic amines is 1. The molecule has 5 nitrogen and oxygen atoms in total. The smallest absolute Gasteiger partial charge is 0.274 e. The average molecular weight is 282 g/mol. The van der Waals surface area contributed by atoms with Crippen LogP contribution in [-0.2, 0) is 7.05 Å². The third-order valence-corrected chi connectivity index (χ3v) is 3.75. The molecule has 5 heteroatoms. The van der Waals surface area contributed by atoms with Crippen LogP contribution in [0.5, 0.6) is 11.5 Å². The predicted octanol–water partition coefficient (Wildman–Crippen LogP) is 2.30. The SMILES string of the molecule is Cn1cc(-c2ccc3c(c2)OCCO3)c2cc[nH]c2c1=O. The van der Waals surface area contributed by atoms with Crippen LogP contribution >= 0.6 is 0 Å². The molecule has 3 aromatic rings. The second-order valence-electron chi connectivity index (χ2n) is 5.08. The third-order valence-electron chi connectivity index (χ3n) is 3.75. The minimum absolute atomic E-state index is 0.0312. The molecule has 0 bridgehead atoms. The van der Waals surface area contributed by atoms with Crippen molar-refractivity contribution in [2.24, 2.45) is 7.05 Å². The standard InChI is InChI=1S/C16H14N2O3/c1-18-9-12(11-4-5-17-15(11)16(18)19)10-2-3-13-14(8-10)21-7-6-20-13/h2-5,8-9,17H,6-7H2,1H3. The Labute approximate surface area is 120 Å². The first kappa shape index (κ1) is 12.1. The fraction of sp³-hybridized carbons (Fsp3) is 0.188. The summed E-state index contributed by atoms with van der Waals surface area (Å²) in [4.78, 5) is 15.1. The number of nitrogens with zero attached hydrogens (tertiary/aromatic N) is 1. The predicted molar refractivity (Wildman–Crippen MR) is 80.0 cm³/mol. The van der Waals surface area contributed by atoms with Gasteiger partial charge in [-0.15, -0.1) is 0 Å². The molecule has 0 radical (unpaired) electrons. The molecule has 0 spiro atoms. The zero-order chi connectivity index (χ0) is 14.4. The minimum Gasteiger partial charge on any atom is -0.486 e. The maximum Gasteiger partial charge on any atom is 0.274 e. The summed E-state index contributed by atoms with van der Waals surface area (Å²) in [5.41, 5.74) is 2.57. The number of aryl methyl sites for hydroxylation is 1. The van der Waals surface area contributed by atoms with E-state index in [4.69, 9.17) is 9.47 Å². The van der Waals surface area contributed by atoms with Crippen LogP contribution in [0.25, 0.3) is 22.0 Å². The van der Waals surface area contributed by atoms with E-state index < -0.39 is 0 Å². The Morgan fingerprint density at radius 3 is 2.81 bits per heavy atom. The van der Waals surface area contributed by atoms with Gasteiger partial charge in [0.2, 0.25) is 0 Å². The van der Waals surface area contributed by atoms with Gasteiger partial charge in [-0.2, -0.15) is 0 Å². The monoisotopic (exact) mass is 282 g/mol. The van der Waals surface area contributed by atoms with Crippen LogP contribution in [-0.4, -0.2) is 22.8 Å². The lowest BCUT2D eigenvalue weighted by Crippen LogP contribution is -2.17. The van der Waals surface area contributed by atoms with E-state index in [1.54, 1.807) is 17.8 Å². The molecule has 1 aliphatic rings. The zero-order valence-corrected chi connectivity index (χ0v) is 11.6. The maximum atomic E-state index is 12.1. The highest BCUT2D eigenvalue weighted by molar-refractivity contribution is 5.94. The molecule has 21 heavy (non-hydrogen) atoms. The van der Waals surface area contributed by atoms with Crippen LogP contribution in [0.1, 0.15) is 0 Å². The third kappa shape index (κ3) is 1.81. The second kappa shape index (κ2) is 4.41. The largest absolute Gasteiger partial charge is 0.486 e. The van der Waals surface area contributed by atoms with Crippen LogP contribution in [0.2, 0.25) is 0 Å².